The summed E-state index contributed by atoms with van der Waals surface area (Å²) in [5.74, 6) is 0.272. The third-order valence-corrected chi connectivity index (χ3v) is 5.06. The molecule has 3 nitrogen and oxygen atoms in total. The van der Waals surface area contributed by atoms with Crippen LogP contribution in [0.4, 0.5) is 0 Å². The molecule has 0 aliphatic heterocycles. The van der Waals surface area contributed by atoms with E-state index in [0.29, 0.717) is 0 Å². The van der Waals surface area contributed by atoms with Crippen molar-refractivity contribution in [3.8, 4) is 0 Å². The maximum atomic E-state index is 12.7. The van der Waals surface area contributed by atoms with E-state index < -0.39 is 0 Å². The molecule has 1 amide bonds. The lowest BCUT2D eigenvalue weighted by Crippen LogP contribution is -2.37. The van der Waals surface area contributed by atoms with Crippen LogP contribution in [0.3, 0.4) is 0 Å². The first kappa shape index (κ1) is 13.3. The predicted molar refractivity (Wildman–Crippen MR) is 80.8 cm³/mol. The summed E-state index contributed by atoms with van der Waals surface area (Å²) in [6.45, 7) is 0.760. The van der Waals surface area contributed by atoms with Gasteiger partial charge in [0.1, 0.15) is 0 Å². The fraction of sp³-hybridized carbons (Fsp3) is 0.375. The van der Waals surface area contributed by atoms with E-state index in [4.69, 9.17) is 0 Å². The summed E-state index contributed by atoms with van der Waals surface area (Å²) in [7, 11) is 1.91. The molecule has 2 heterocycles. The van der Waals surface area contributed by atoms with Crippen LogP contribution in [-0.2, 0) is 16.6 Å². The van der Waals surface area contributed by atoms with Gasteiger partial charge in [0.15, 0.2) is 0 Å². The van der Waals surface area contributed by atoms with Crippen LogP contribution in [0.5, 0.6) is 0 Å². The Morgan fingerprint density at radius 2 is 2.10 bits per heavy atom. The highest BCUT2D eigenvalue weighted by Crippen LogP contribution is 2.51. The van der Waals surface area contributed by atoms with Gasteiger partial charge >= 0.3 is 0 Å². The first-order valence-corrected chi connectivity index (χ1v) is 7.79. The average molecular weight is 286 g/mol. The van der Waals surface area contributed by atoms with Crippen molar-refractivity contribution in [1.82, 2.24) is 9.88 Å². The molecular weight excluding hydrogens is 268 g/mol. The molecule has 0 saturated heterocycles. The zero-order valence-corrected chi connectivity index (χ0v) is 12.4. The minimum Gasteiger partial charge on any atom is -0.345 e. The number of pyridine rings is 1. The number of thiophene rings is 1. The molecule has 2 aromatic heterocycles. The summed E-state index contributed by atoms with van der Waals surface area (Å²) >= 11 is 1.70. The zero-order chi connectivity index (χ0) is 14.0. The Labute approximate surface area is 123 Å². The smallest absolute Gasteiger partial charge is 0.233 e. The summed E-state index contributed by atoms with van der Waals surface area (Å²) in [5, 5.41) is 2.06. The van der Waals surface area contributed by atoms with Gasteiger partial charge in [-0.2, -0.15) is 0 Å². The molecule has 20 heavy (non-hydrogen) atoms. The van der Waals surface area contributed by atoms with Crippen molar-refractivity contribution < 1.29 is 4.79 Å². The summed E-state index contributed by atoms with van der Waals surface area (Å²) < 4.78 is 0. The van der Waals surface area contributed by atoms with Crippen molar-refractivity contribution >= 4 is 17.2 Å². The molecule has 1 saturated carbocycles. The quantitative estimate of drug-likeness (QED) is 0.847. The lowest BCUT2D eigenvalue weighted by Gasteiger charge is -2.23. The van der Waals surface area contributed by atoms with Gasteiger partial charge in [0, 0.05) is 30.9 Å². The normalized spacial score (nSPS) is 15.8. The standard InChI is InChI=1S/C16H18N2OS/c1-18(11-6-13-4-9-17-10-5-13)15(19)16(7-8-16)14-3-2-12-20-14/h2-5,9-10,12H,6-8,11H2,1H3. The van der Waals surface area contributed by atoms with E-state index in [1.807, 2.05) is 30.1 Å². The third kappa shape index (κ3) is 2.48. The third-order valence-electron chi connectivity index (χ3n) is 3.98. The molecule has 1 fully saturated rings. The monoisotopic (exact) mass is 286 g/mol. The van der Waals surface area contributed by atoms with Crippen molar-refractivity contribution in [2.45, 2.75) is 24.7 Å². The molecular formula is C16H18N2OS. The molecule has 4 heteroatoms. The summed E-state index contributed by atoms with van der Waals surface area (Å²) in [6.07, 6.45) is 6.46. The Morgan fingerprint density at radius 3 is 2.70 bits per heavy atom. The summed E-state index contributed by atoms with van der Waals surface area (Å²) in [6, 6.07) is 8.13. The van der Waals surface area contributed by atoms with Gasteiger partial charge in [0.25, 0.3) is 0 Å². The van der Waals surface area contributed by atoms with Crippen LogP contribution >= 0.6 is 11.3 Å². The minimum absolute atomic E-state index is 0.207. The Hall–Kier alpha value is -1.68. The van der Waals surface area contributed by atoms with Gasteiger partial charge in [-0.05, 0) is 48.4 Å². The molecule has 1 aliphatic rings. The van der Waals surface area contributed by atoms with E-state index in [2.05, 4.69) is 16.4 Å². The van der Waals surface area contributed by atoms with Gasteiger partial charge in [-0.3, -0.25) is 9.78 Å². The average Bonchev–Trinajstić information content (AvgIpc) is 3.11. The predicted octanol–water partition coefficient (Wildman–Crippen LogP) is 2.88. The zero-order valence-electron chi connectivity index (χ0n) is 11.6. The van der Waals surface area contributed by atoms with Gasteiger partial charge in [-0.1, -0.05) is 6.07 Å². The van der Waals surface area contributed by atoms with Gasteiger partial charge in [-0.15, -0.1) is 11.3 Å². The molecule has 0 unspecified atom stereocenters. The second kappa shape index (κ2) is 5.37. The Morgan fingerprint density at radius 1 is 1.35 bits per heavy atom. The van der Waals surface area contributed by atoms with Gasteiger partial charge < -0.3 is 4.90 Å². The molecule has 2 aromatic rings. The van der Waals surface area contributed by atoms with Crippen LogP contribution in [0.15, 0.2) is 42.0 Å². The van der Waals surface area contributed by atoms with Crippen LogP contribution < -0.4 is 0 Å². The van der Waals surface area contributed by atoms with E-state index in [-0.39, 0.29) is 11.3 Å². The first-order chi connectivity index (χ1) is 9.72. The van der Waals surface area contributed by atoms with Crippen molar-refractivity contribution in [3.05, 3.63) is 52.5 Å². The van der Waals surface area contributed by atoms with Gasteiger partial charge in [0.05, 0.1) is 5.41 Å². The number of amides is 1. The maximum Gasteiger partial charge on any atom is 0.233 e. The summed E-state index contributed by atoms with van der Waals surface area (Å²) in [5.41, 5.74) is 1.02. The van der Waals surface area contributed by atoms with Crippen LogP contribution in [0, 0.1) is 0 Å². The van der Waals surface area contributed by atoms with Crippen LogP contribution in [0.2, 0.25) is 0 Å². The molecule has 104 valence electrons. The second-order valence-corrected chi connectivity index (χ2v) is 6.34. The van der Waals surface area contributed by atoms with Crippen LogP contribution in [0.1, 0.15) is 23.3 Å². The number of hydrogen-bond donors (Lipinski definition) is 0. The summed E-state index contributed by atoms with van der Waals surface area (Å²) in [4.78, 5) is 19.8. The fourth-order valence-corrected chi connectivity index (χ4v) is 3.53. The largest absolute Gasteiger partial charge is 0.345 e. The molecule has 1 aliphatic carbocycles. The lowest BCUT2D eigenvalue weighted by atomic mass is 10.0. The lowest BCUT2D eigenvalue weighted by molar-refractivity contribution is -0.132. The highest BCUT2D eigenvalue weighted by atomic mass is 32.1. The topological polar surface area (TPSA) is 33.2 Å². The number of aromatic nitrogens is 1. The first-order valence-electron chi connectivity index (χ1n) is 6.91. The molecule has 0 N–H and O–H groups in total. The maximum absolute atomic E-state index is 12.7. The van der Waals surface area contributed by atoms with E-state index in [9.17, 15) is 4.79 Å². The number of carbonyl (C=O) groups is 1. The number of carbonyl (C=O) groups excluding carboxylic acids is 1. The molecule has 0 bridgehead atoms. The Balaban J connectivity index is 1.63. The van der Waals surface area contributed by atoms with Crippen LogP contribution in [-0.4, -0.2) is 29.4 Å². The minimum atomic E-state index is -0.207. The SMILES string of the molecule is CN(CCc1ccncc1)C(=O)C1(c2cccs2)CC1. The number of nitrogens with zero attached hydrogens (tertiary/aromatic N) is 2. The van der Waals surface area contributed by atoms with Crippen molar-refractivity contribution in [3.63, 3.8) is 0 Å². The fourth-order valence-electron chi connectivity index (χ4n) is 2.55. The number of rotatable bonds is 5. The number of likely N-dealkylation sites (N-methyl/N-ethyl adjacent to an activating group) is 1. The van der Waals surface area contributed by atoms with Crippen LogP contribution in [0.25, 0.3) is 0 Å². The Bertz CT molecular complexity index is 576. The molecule has 3 rings (SSSR count). The molecule has 0 spiro atoms. The highest BCUT2D eigenvalue weighted by Gasteiger charge is 2.53. The van der Waals surface area contributed by atoms with Crippen molar-refractivity contribution in [1.29, 1.82) is 0 Å². The van der Waals surface area contributed by atoms with E-state index in [1.165, 1.54) is 10.4 Å². The highest BCUT2D eigenvalue weighted by molar-refractivity contribution is 7.10. The van der Waals surface area contributed by atoms with Gasteiger partial charge in [-0.25, -0.2) is 0 Å². The van der Waals surface area contributed by atoms with E-state index >= 15 is 0 Å². The van der Waals surface area contributed by atoms with E-state index in [1.54, 1.807) is 23.7 Å². The Kier molecular flexibility index (Phi) is 3.57. The van der Waals surface area contributed by atoms with Gasteiger partial charge in [0.2, 0.25) is 5.91 Å². The van der Waals surface area contributed by atoms with Crippen molar-refractivity contribution in [2.75, 3.05) is 13.6 Å². The van der Waals surface area contributed by atoms with E-state index in [0.717, 1.165) is 25.8 Å². The molecule has 0 aromatic carbocycles. The second-order valence-electron chi connectivity index (χ2n) is 5.39. The molecule has 0 radical (unpaired) electrons. The number of hydrogen-bond acceptors (Lipinski definition) is 3. The molecule has 0 atom stereocenters. The van der Waals surface area contributed by atoms with Crippen molar-refractivity contribution in [2.24, 2.45) is 0 Å².